The van der Waals surface area contributed by atoms with E-state index in [1.165, 1.54) is 11.8 Å². The number of nitrogens with zero attached hydrogens (tertiary/aromatic N) is 5. The molecule has 6 rings (SSSR count). The maximum Gasteiger partial charge on any atom is 0.253 e. The molecule has 0 fully saturated rings. The van der Waals surface area contributed by atoms with Gasteiger partial charge in [0, 0.05) is 12.1 Å². The van der Waals surface area contributed by atoms with Crippen molar-refractivity contribution in [2.24, 2.45) is 5.10 Å². The number of thiophene rings is 1. The summed E-state index contributed by atoms with van der Waals surface area (Å²) in [5, 5.41) is 20.8. The molecule has 9 nitrogen and oxygen atoms in total. The topological polar surface area (TPSA) is 102 Å². The van der Waals surface area contributed by atoms with E-state index in [9.17, 15) is 9.59 Å². The van der Waals surface area contributed by atoms with Gasteiger partial charge in [-0.3, -0.25) is 14.2 Å². The minimum Gasteiger partial charge on any atom is -0.497 e. The number of rotatable bonds is 11. The van der Waals surface area contributed by atoms with Crippen molar-refractivity contribution in [3.8, 4) is 11.4 Å². The van der Waals surface area contributed by atoms with Crippen molar-refractivity contribution < 1.29 is 14.3 Å². The molecule has 0 aliphatic carbocycles. The Hall–Kier alpha value is -4.74. The van der Waals surface area contributed by atoms with Crippen LogP contribution in [0.3, 0.4) is 0 Å². The molecule has 0 bridgehead atoms. The number of hydrogen-bond donors (Lipinski definition) is 1. The molecule has 0 spiro atoms. The number of amides is 2. The normalized spacial score (nSPS) is 14.3. The highest BCUT2D eigenvalue weighted by atomic mass is 32.2. The number of aryl methyl sites for hydroxylation is 1. The summed E-state index contributed by atoms with van der Waals surface area (Å²) in [5.74, 6) is 1.20. The van der Waals surface area contributed by atoms with Gasteiger partial charge in [0.1, 0.15) is 5.75 Å². The number of benzene rings is 3. The smallest absolute Gasteiger partial charge is 0.253 e. The Labute approximate surface area is 270 Å². The summed E-state index contributed by atoms with van der Waals surface area (Å²) in [6.07, 6.45) is 0.893. The molecule has 2 aromatic heterocycles. The van der Waals surface area contributed by atoms with Crippen molar-refractivity contribution in [1.82, 2.24) is 25.1 Å². The summed E-state index contributed by atoms with van der Waals surface area (Å²) in [4.78, 5) is 27.6. The van der Waals surface area contributed by atoms with Crippen LogP contribution in [-0.4, -0.2) is 50.2 Å². The van der Waals surface area contributed by atoms with E-state index in [1.807, 2.05) is 108 Å². The van der Waals surface area contributed by atoms with Crippen molar-refractivity contribution in [1.29, 1.82) is 0 Å². The number of hydrazone groups is 1. The second-order valence-electron chi connectivity index (χ2n) is 10.6. The number of nitrogens with one attached hydrogen (secondary N) is 1. The standard InChI is InChI=1S/C34H32N6O3S2/c1-23-8-6-11-26(18-23)39-31(21-35-32(41)19-24-9-4-3-5-10-24)36-37-34(39)45-22-33(42)40-29(25-13-15-27(43-2)16-14-25)20-28(38-40)30-12-7-17-44-30/h3-18,29H,19-22H2,1-2H3,(H,35,41)/t29-/m1/s1. The van der Waals surface area contributed by atoms with Crippen molar-refractivity contribution in [3.63, 3.8) is 0 Å². The SMILES string of the molecule is COc1ccc([C@H]2CC(c3cccs3)=NN2C(=O)CSc2nnc(CNC(=O)Cc3ccccc3)n2-c2cccc(C)c2)cc1. The molecule has 0 unspecified atom stereocenters. The van der Waals surface area contributed by atoms with E-state index >= 15 is 0 Å². The van der Waals surface area contributed by atoms with Crippen LogP contribution >= 0.6 is 23.1 Å². The summed E-state index contributed by atoms with van der Waals surface area (Å²) in [5.41, 5.74) is 4.74. The molecule has 0 saturated heterocycles. The van der Waals surface area contributed by atoms with Crippen molar-refractivity contribution >= 4 is 40.6 Å². The van der Waals surface area contributed by atoms with Gasteiger partial charge in [-0.2, -0.15) is 5.10 Å². The number of ether oxygens (including phenoxy) is 1. The van der Waals surface area contributed by atoms with Gasteiger partial charge in [0.05, 0.1) is 42.5 Å². The van der Waals surface area contributed by atoms with Gasteiger partial charge >= 0.3 is 0 Å². The van der Waals surface area contributed by atoms with Crippen LogP contribution in [0.5, 0.6) is 5.75 Å². The van der Waals surface area contributed by atoms with E-state index in [4.69, 9.17) is 9.84 Å². The Morgan fingerprint density at radius 1 is 1.00 bits per heavy atom. The third kappa shape index (κ3) is 7.16. The maximum atomic E-state index is 13.8. The minimum absolute atomic E-state index is 0.109. The molecule has 1 aliphatic heterocycles. The molecule has 1 aliphatic rings. The second kappa shape index (κ2) is 13.9. The van der Waals surface area contributed by atoms with E-state index in [0.717, 1.165) is 38.7 Å². The Morgan fingerprint density at radius 2 is 1.82 bits per heavy atom. The van der Waals surface area contributed by atoms with Crippen molar-refractivity contribution in [3.05, 3.63) is 124 Å². The third-order valence-electron chi connectivity index (χ3n) is 7.41. The Kier molecular flexibility index (Phi) is 9.37. The Bertz CT molecular complexity index is 1800. The second-order valence-corrected chi connectivity index (χ2v) is 12.4. The number of thioether (sulfide) groups is 1. The van der Waals surface area contributed by atoms with E-state index in [-0.39, 0.29) is 36.6 Å². The van der Waals surface area contributed by atoms with Crippen LogP contribution < -0.4 is 10.1 Å². The minimum atomic E-state index is -0.230. The molecular formula is C34H32N6O3S2. The highest BCUT2D eigenvalue weighted by molar-refractivity contribution is 7.99. The lowest BCUT2D eigenvalue weighted by Crippen LogP contribution is -2.28. The van der Waals surface area contributed by atoms with Crippen LogP contribution in [0.1, 0.15) is 39.9 Å². The molecule has 5 aromatic rings. The molecule has 2 amide bonds. The van der Waals surface area contributed by atoms with Crippen LogP contribution in [-0.2, 0) is 22.6 Å². The summed E-state index contributed by atoms with van der Waals surface area (Å²) in [6.45, 7) is 2.21. The highest BCUT2D eigenvalue weighted by Crippen LogP contribution is 2.35. The van der Waals surface area contributed by atoms with E-state index < -0.39 is 0 Å². The first kappa shape index (κ1) is 30.3. The molecule has 1 atom stereocenters. The van der Waals surface area contributed by atoms with E-state index in [0.29, 0.717) is 17.4 Å². The number of carbonyl (C=O) groups excluding carboxylic acids is 2. The van der Waals surface area contributed by atoms with Gasteiger partial charge < -0.3 is 10.1 Å². The summed E-state index contributed by atoms with van der Waals surface area (Å²) in [7, 11) is 1.63. The monoisotopic (exact) mass is 636 g/mol. The number of hydrogen-bond acceptors (Lipinski definition) is 8. The van der Waals surface area contributed by atoms with Crippen LogP contribution in [0.2, 0.25) is 0 Å². The largest absolute Gasteiger partial charge is 0.497 e. The van der Waals surface area contributed by atoms with Crippen molar-refractivity contribution in [2.75, 3.05) is 12.9 Å². The summed E-state index contributed by atoms with van der Waals surface area (Å²) >= 11 is 2.91. The van der Waals surface area contributed by atoms with Crippen LogP contribution in [0, 0.1) is 6.92 Å². The number of methoxy groups -OCH3 is 1. The number of carbonyl (C=O) groups is 2. The highest BCUT2D eigenvalue weighted by Gasteiger charge is 2.33. The van der Waals surface area contributed by atoms with Gasteiger partial charge in [0.2, 0.25) is 5.91 Å². The molecule has 11 heteroatoms. The Balaban J connectivity index is 1.21. The average Bonchev–Trinajstić information content (AvgIpc) is 3.83. The van der Waals surface area contributed by atoms with E-state index in [2.05, 4.69) is 15.5 Å². The quantitative estimate of drug-likeness (QED) is 0.179. The zero-order valence-electron chi connectivity index (χ0n) is 24.9. The van der Waals surface area contributed by atoms with Gasteiger partial charge in [0.25, 0.3) is 5.91 Å². The molecule has 0 radical (unpaired) electrons. The fourth-order valence-electron chi connectivity index (χ4n) is 5.17. The lowest BCUT2D eigenvalue weighted by Gasteiger charge is -2.22. The molecule has 3 heterocycles. The molecule has 3 aromatic carbocycles. The van der Waals surface area contributed by atoms with Gasteiger partial charge in [-0.25, -0.2) is 5.01 Å². The first-order valence-electron chi connectivity index (χ1n) is 14.5. The van der Waals surface area contributed by atoms with Crippen molar-refractivity contribution in [2.45, 2.75) is 37.5 Å². The Morgan fingerprint density at radius 3 is 2.56 bits per heavy atom. The summed E-state index contributed by atoms with van der Waals surface area (Å²) in [6, 6.07) is 29.1. The van der Waals surface area contributed by atoms with Crippen LogP contribution in [0.4, 0.5) is 0 Å². The van der Waals surface area contributed by atoms with Gasteiger partial charge in [0.15, 0.2) is 11.0 Å². The summed E-state index contributed by atoms with van der Waals surface area (Å²) < 4.78 is 7.24. The van der Waals surface area contributed by atoms with Gasteiger partial charge in [-0.05, 0) is 59.3 Å². The van der Waals surface area contributed by atoms with Crippen LogP contribution in [0.25, 0.3) is 5.69 Å². The average molecular weight is 637 g/mol. The molecule has 228 valence electrons. The maximum absolute atomic E-state index is 13.8. The molecule has 45 heavy (non-hydrogen) atoms. The predicted molar refractivity (Wildman–Crippen MR) is 177 cm³/mol. The molecule has 0 saturated carbocycles. The fourth-order valence-corrected chi connectivity index (χ4v) is 6.71. The lowest BCUT2D eigenvalue weighted by molar-refractivity contribution is -0.130. The number of aromatic nitrogens is 3. The molecule has 1 N–H and O–H groups in total. The van der Waals surface area contributed by atoms with Gasteiger partial charge in [-0.15, -0.1) is 21.5 Å². The first-order chi connectivity index (χ1) is 22.0. The lowest BCUT2D eigenvalue weighted by atomic mass is 10.0. The zero-order valence-corrected chi connectivity index (χ0v) is 26.6. The van der Waals surface area contributed by atoms with Gasteiger partial charge in [-0.1, -0.05) is 72.4 Å². The molecular weight excluding hydrogens is 605 g/mol. The van der Waals surface area contributed by atoms with Crippen LogP contribution in [0.15, 0.2) is 107 Å². The van der Waals surface area contributed by atoms with E-state index in [1.54, 1.807) is 23.5 Å². The first-order valence-corrected chi connectivity index (χ1v) is 16.4. The fraction of sp³-hybridized carbons (Fsp3) is 0.206. The predicted octanol–water partition coefficient (Wildman–Crippen LogP) is 5.97. The zero-order chi connectivity index (χ0) is 31.2. The third-order valence-corrected chi connectivity index (χ3v) is 9.24.